The molecule has 0 aromatic heterocycles. The van der Waals surface area contributed by atoms with Crippen LogP contribution in [0.25, 0.3) is 0 Å². The first-order chi connectivity index (χ1) is 14.9. The van der Waals surface area contributed by atoms with Gasteiger partial charge in [-0.25, -0.2) is 0 Å². The summed E-state index contributed by atoms with van der Waals surface area (Å²) in [7, 11) is 4.36. The second kappa shape index (κ2) is 9.77. The first-order valence-corrected chi connectivity index (χ1v) is 10.3. The van der Waals surface area contributed by atoms with E-state index in [1.54, 1.807) is 18.2 Å². The van der Waals surface area contributed by atoms with E-state index >= 15 is 0 Å². The van der Waals surface area contributed by atoms with Gasteiger partial charge < -0.3 is 19.3 Å². The molecule has 1 heterocycles. The molecule has 0 saturated carbocycles. The lowest BCUT2D eigenvalue weighted by Gasteiger charge is -2.18. The summed E-state index contributed by atoms with van der Waals surface area (Å²) in [4.78, 5) is 27.8. The summed E-state index contributed by atoms with van der Waals surface area (Å²) in [6.07, 6.45) is 0.357. The van der Waals surface area contributed by atoms with E-state index in [4.69, 9.17) is 37.4 Å². The van der Waals surface area contributed by atoms with Crippen LogP contribution in [0.1, 0.15) is 28.3 Å². The molecule has 3 rings (SSSR count). The zero-order valence-electron chi connectivity index (χ0n) is 17.4. The number of aliphatic hydroxyl groups excluding tert-OH is 1. The van der Waals surface area contributed by atoms with E-state index in [2.05, 4.69) is 0 Å². The number of benzene rings is 2. The quantitative estimate of drug-likeness (QED) is 0.623. The van der Waals surface area contributed by atoms with E-state index in [0.29, 0.717) is 39.3 Å². The van der Waals surface area contributed by atoms with Crippen LogP contribution in [0.4, 0.5) is 0 Å². The molecular weight excluding hydrogens is 445 g/mol. The molecule has 2 atom stereocenters. The van der Waals surface area contributed by atoms with Crippen molar-refractivity contribution < 1.29 is 28.9 Å². The van der Waals surface area contributed by atoms with Crippen LogP contribution in [-0.2, 0) is 4.79 Å². The molecule has 1 fully saturated rings. The Morgan fingerprint density at radius 3 is 2.23 bits per heavy atom. The van der Waals surface area contributed by atoms with Crippen molar-refractivity contribution in [3.8, 4) is 17.2 Å². The van der Waals surface area contributed by atoms with E-state index in [0.717, 1.165) is 0 Å². The summed E-state index contributed by atoms with van der Waals surface area (Å²) in [5, 5.41) is 10.2. The van der Waals surface area contributed by atoms with Gasteiger partial charge in [0.2, 0.25) is 11.7 Å². The van der Waals surface area contributed by atoms with Crippen LogP contribution >= 0.6 is 23.2 Å². The predicted molar refractivity (Wildman–Crippen MR) is 117 cm³/mol. The highest BCUT2D eigenvalue weighted by molar-refractivity contribution is 6.42. The first-order valence-electron chi connectivity index (χ1n) is 9.57. The van der Waals surface area contributed by atoms with E-state index in [9.17, 15) is 14.7 Å². The maximum absolute atomic E-state index is 13.3. The molecule has 1 saturated heterocycles. The summed E-state index contributed by atoms with van der Waals surface area (Å²) in [6.45, 7) is 0.0573. The maximum Gasteiger partial charge on any atom is 0.260 e. The number of carbonyl (C=O) groups excluding carboxylic acids is 2. The van der Waals surface area contributed by atoms with E-state index in [1.165, 1.54) is 38.4 Å². The van der Waals surface area contributed by atoms with Crippen molar-refractivity contribution in [2.75, 3.05) is 34.5 Å². The van der Waals surface area contributed by atoms with Crippen LogP contribution in [0.5, 0.6) is 17.2 Å². The molecule has 1 aliphatic rings. The maximum atomic E-state index is 13.3. The zero-order chi connectivity index (χ0) is 22.7. The Kier molecular flexibility index (Phi) is 7.30. The largest absolute Gasteiger partial charge is 0.493 e. The standard InChI is InChI=1S/C22H23Cl2NO6/c1-29-17-9-14(10-18(30-2)20(17)31-3)21(27)25-11-13(6-7-26)19(22(25)28)12-4-5-15(23)16(24)8-12/h4-5,8-10,13,19,26H,6-7,11H2,1-3H3. The van der Waals surface area contributed by atoms with Gasteiger partial charge in [-0.05, 0) is 42.2 Å². The fourth-order valence-electron chi connectivity index (χ4n) is 3.89. The van der Waals surface area contributed by atoms with Crippen molar-refractivity contribution in [3.05, 3.63) is 51.5 Å². The zero-order valence-corrected chi connectivity index (χ0v) is 18.9. The molecule has 0 aliphatic carbocycles. The average molecular weight is 468 g/mol. The fourth-order valence-corrected chi connectivity index (χ4v) is 4.19. The SMILES string of the molecule is COc1cc(C(=O)N2CC(CCO)C(c3ccc(Cl)c(Cl)c3)C2=O)cc(OC)c1OC. The number of amides is 2. The molecular formula is C22H23Cl2NO6. The Hall–Kier alpha value is -2.48. The number of hydrogen-bond donors (Lipinski definition) is 1. The van der Waals surface area contributed by atoms with E-state index in [-0.39, 0.29) is 30.5 Å². The Labute approximate surface area is 190 Å². The van der Waals surface area contributed by atoms with Gasteiger partial charge in [-0.2, -0.15) is 0 Å². The Morgan fingerprint density at radius 1 is 1.06 bits per heavy atom. The van der Waals surface area contributed by atoms with Gasteiger partial charge in [0.05, 0.1) is 37.3 Å². The van der Waals surface area contributed by atoms with Crippen molar-refractivity contribution in [2.24, 2.45) is 5.92 Å². The lowest BCUT2D eigenvalue weighted by molar-refractivity contribution is -0.126. The van der Waals surface area contributed by atoms with Gasteiger partial charge in [0.15, 0.2) is 11.5 Å². The number of nitrogens with zero attached hydrogens (tertiary/aromatic N) is 1. The van der Waals surface area contributed by atoms with Gasteiger partial charge >= 0.3 is 0 Å². The van der Waals surface area contributed by atoms with Gasteiger partial charge in [0, 0.05) is 18.7 Å². The number of carbonyl (C=O) groups is 2. The third-order valence-corrected chi connectivity index (χ3v) is 6.12. The second-order valence-electron chi connectivity index (χ2n) is 7.09. The highest BCUT2D eigenvalue weighted by atomic mass is 35.5. The molecule has 166 valence electrons. The number of likely N-dealkylation sites (tertiary alicyclic amines) is 1. The molecule has 0 radical (unpaired) electrons. The minimum absolute atomic E-state index is 0.109. The van der Waals surface area contributed by atoms with Crippen molar-refractivity contribution in [1.82, 2.24) is 4.90 Å². The van der Waals surface area contributed by atoms with Gasteiger partial charge in [-0.3, -0.25) is 14.5 Å². The first kappa shape index (κ1) is 23.2. The lowest BCUT2D eigenvalue weighted by Crippen LogP contribution is -2.33. The number of halogens is 2. The van der Waals surface area contributed by atoms with Gasteiger partial charge in [0.25, 0.3) is 5.91 Å². The summed E-state index contributed by atoms with van der Waals surface area (Å²) >= 11 is 12.1. The number of hydrogen-bond acceptors (Lipinski definition) is 6. The topological polar surface area (TPSA) is 85.3 Å². The second-order valence-corrected chi connectivity index (χ2v) is 7.91. The minimum atomic E-state index is -0.618. The van der Waals surface area contributed by atoms with Crippen LogP contribution in [0, 0.1) is 5.92 Å². The molecule has 2 unspecified atom stereocenters. The Balaban J connectivity index is 1.98. The molecule has 2 aromatic carbocycles. The molecule has 2 aromatic rings. The Bertz CT molecular complexity index is 971. The van der Waals surface area contributed by atoms with Gasteiger partial charge in [0.1, 0.15) is 0 Å². The summed E-state index contributed by atoms with van der Waals surface area (Å²) < 4.78 is 15.9. The van der Waals surface area contributed by atoms with E-state index < -0.39 is 11.8 Å². The average Bonchev–Trinajstić information content (AvgIpc) is 3.10. The van der Waals surface area contributed by atoms with Crippen LogP contribution in [-0.4, -0.2) is 56.3 Å². The van der Waals surface area contributed by atoms with Gasteiger partial charge in [-0.15, -0.1) is 0 Å². The van der Waals surface area contributed by atoms with Crippen LogP contribution in [0.2, 0.25) is 10.0 Å². The van der Waals surface area contributed by atoms with Gasteiger partial charge in [-0.1, -0.05) is 29.3 Å². The molecule has 9 heteroatoms. The molecule has 1 N–H and O–H groups in total. The number of ether oxygens (including phenoxy) is 3. The van der Waals surface area contributed by atoms with Crippen LogP contribution < -0.4 is 14.2 Å². The summed E-state index contributed by atoms with van der Waals surface area (Å²) in [6, 6.07) is 7.97. The van der Waals surface area contributed by atoms with E-state index in [1.807, 2.05) is 0 Å². The van der Waals surface area contributed by atoms with Crippen molar-refractivity contribution in [3.63, 3.8) is 0 Å². The molecule has 1 aliphatic heterocycles. The fraction of sp³-hybridized carbons (Fsp3) is 0.364. The molecule has 0 spiro atoms. The molecule has 0 bridgehead atoms. The monoisotopic (exact) mass is 467 g/mol. The molecule has 7 nitrogen and oxygen atoms in total. The number of methoxy groups -OCH3 is 3. The third kappa shape index (κ3) is 4.44. The predicted octanol–water partition coefficient (Wildman–Crippen LogP) is 3.78. The van der Waals surface area contributed by atoms with Crippen molar-refractivity contribution >= 4 is 35.0 Å². The highest BCUT2D eigenvalue weighted by Gasteiger charge is 2.44. The van der Waals surface area contributed by atoms with Crippen molar-refractivity contribution in [2.45, 2.75) is 12.3 Å². The Morgan fingerprint density at radius 2 is 1.71 bits per heavy atom. The smallest absolute Gasteiger partial charge is 0.260 e. The molecule has 31 heavy (non-hydrogen) atoms. The minimum Gasteiger partial charge on any atom is -0.493 e. The van der Waals surface area contributed by atoms with Crippen LogP contribution in [0.15, 0.2) is 30.3 Å². The lowest BCUT2D eigenvalue weighted by atomic mass is 9.86. The number of imide groups is 1. The van der Waals surface area contributed by atoms with Crippen molar-refractivity contribution in [1.29, 1.82) is 0 Å². The summed E-state index contributed by atoms with van der Waals surface area (Å²) in [5.74, 6) is -0.769. The number of rotatable bonds is 7. The highest BCUT2D eigenvalue weighted by Crippen LogP contribution is 2.41. The normalized spacial score (nSPS) is 18.3. The number of aliphatic hydroxyl groups is 1. The molecule has 2 amide bonds. The summed E-state index contributed by atoms with van der Waals surface area (Å²) in [5.41, 5.74) is 0.874. The third-order valence-electron chi connectivity index (χ3n) is 5.38. The van der Waals surface area contributed by atoms with Crippen LogP contribution in [0.3, 0.4) is 0 Å².